The number of aryl methyl sites for hydroxylation is 2. The summed E-state index contributed by atoms with van der Waals surface area (Å²) in [6.45, 7) is 6.20. The van der Waals surface area contributed by atoms with Gasteiger partial charge in [-0.05, 0) is 62.2 Å². The van der Waals surface area contributed by atoms with Gasteiger partial charge in [0.15, 0.2) is 11.9 Å². The molecule has 1 amide bonds. The van der Waals surface area contributed by atoms with Crippen molar-refractivity contribution < 1.29 is 13.9 Å². The molecular weight excluding hydrogens is 358 g/mol. The zero-order valence-corrected chi connectivity index (χ0v) is 16.1. The van der Waals surface area contributed by atoms with Crippen LogP contribution in [0.4, 0.5) is 0 Å². The van der Waals surface area contributed by atoms with Gasteiger partial charge in [-0.25, -0.2) is 4.68 Å². The van der Waals surface area contributed by atoms with E-state index in [4.69, 9.17) is 9.15 Å². The molecule has 0 radical (unpaired) electrons. The summed E-state index contributed by atoms with van der Waals surface area (Å²) in [5, 5.41) is 7.04. The molecular formula is C21H23N3O4. The highest BCUT2D eigenvalue weighted by molar-refractivity contribution is 5.80. The molecule has 1 aromatic carbocycles. The van der Waals surface area contributed by atoms with Gasteiger partial charge in [-0.15, -0.1) is 0 Å². The minimum absolute atomic E-state index is 0.246. The molecule has 146 valence electrons. The number of nitrogens with one attached hydrogen (secondary N) is 1. The summed E-state index contributed by atoms with van der Waals surface area (Å²) in [7, 11) is 0. The number of rotatable bonds is 7. The van der Waals surface area contributed by atoms with Crippen LogP contribution in [0.5, 0.6) is 5.75 Å². The van der Waals surface area contributed by atoms with Crippen LogP contribution in [0.25, 0.3) is 11.5 Å². The van der Waals surface area contributed by atoms with Crippen LogP contribution in [0.15, 0.2) is 57.9 Å². The molecule has 2 aromatic heterocycles. The Morgan fingerprint density at radius 3 is 2.75 bits per heavy atom. The van der Waals surface area contributed by atoms with Crippen molar-refractivity contribution in [2.24, 2.45) is 0 Å². The fourth-order valence-electron chi connectivity index (χ4n) is 2.64. The fraction of sp³-hybridized carbons (Fsp3) is 0.286. The summed E-state index contributed by atoms with van der Waals surface area (Å²) in [5.41, 5.74) is 2.58. The van der Waals surface area contributed by atoms with E-state index < -0.39 is 6.10 Å². The van der Waals surface area contributed by atoms with E-state index >= 15 is 0 Å². The van der Waals surface area contributed by atoms with Crippen molar-refractivity contribution in [3.63, 3.8) is 0 Å². The van der Waals surface area contributed by atoms with Gasteiger partial charge in [-0.1, -0.05) is 6.07 Å². The van der Waals surface area contributed by atoms with Crippen molar-refractivity contribution in [2.45, 2.75) is 33.4 Å². The van der Waals surface area contributed by atoms with Crippen LogP contribution < -0.4 is 15.6 Å². The highest BCUT2D eigenvalue weighted by Gasteiger charge is 2.15. The molecule has 0 spiro atoms. The number of nitrogens with zero attached hydrogens (tertiary/aromatic N) is 2. The van der Waals surface area contributed by atoms with E-state index in [1.807, 2.05) is 32.0 Å². The van der Waals surface area contributed by atoms with Crippen molar-refractivity contribution in [1.29, 1.82) is 0 Å². The average Bonchev–Trinajstić information content (AvgIpc) is 3.21. The molecule has 7 nitrogen and oxygen atoms in total. The minimum Gasteiger partial charge on any atom is -0.481 e. The SMILES string of the molecule is Cc1ccc(OC(C)C(=O)NCCn2nc(-c3ccco3)ccc2=O)cc1C. The average molecular weight is 381 g/mol. The third-order valence-corrected chi connectivity index (χ3v) is 4.42. The van der Waals surface area contributed by atoms with Gasteiger partial charge >= 0.3 is 0 Å². The van der Waals surface area contributed by atoms with Crippen molar-refractivity contribution in [1.82, 2.24) is 15.1 Å². The number of benzene rings is 1. The summed E-state index contributed by atoms with van der Waals surface area (Å²) < 4.78 is 12.3. The third kappa shape index (κ3) is 4.68. The minimum atomic E-state index is -0.652. The van der Waals surface area contributed by atoms with Crippen LogP contribution in [0.3, 0.4) is 0 Å². The number of carbonyl (C=O) groups is 1. The van der Waals surface area contributed by atoms with E-state index in [-0.39, 0.29) is 24.6 Å². The lowest BCUT2D eigenvalue weighted by molar-refractivity contribution is -0.127. The maximum absolute atomic E-state index is 12.3. The largest absolute Gasteiger partial charge is 0.481 e. The van der Waals surface area contributed by atoms with E-state index in [1.165, 1.54) is 16.3 Å². The summed E-state index contributed by atoms with van der Waals surface area (Å²) >= 11 is 0. The van der Waals surface area contributed by atoms with Gasteiger partial charge in [0, 0.05) is 12.6 Å². The molecule has 0 bridgehead atoms. The predicted octanol–water partition coefficient (Wildman–Crippen LogP) is 2.70. The molecule has 0 aliphatic heterocycles. The summed E-state index contributed by atoms with van der Waals surface area (Å²) in [5.74, 6) is 0.969. The molecule has 0 saturated carbocycles. The highest BCUT2D eigenvalue weighted by atomic mass is 16.5. The van der Waals surface area contributed by atoms with Crippen LogP contribution in [-0.2, 0) is 11.3 Å². The second kappa shape index (κ2) is 8.56. The van der Waals surface area contributed by atoms with Crippen LogP contribution in [0.2, 0.25) is 0 Å². The summed E-state index contributed by atoms with van der Waals surface area (Å²) in [6, 6.07) is 12.3. The van der Waals surface area contributed by atoms with Gasteiger partial charge < -0.3 is 14.5 Å². The van der Waals surface area contributed by atoms with Crippen LogP contribution in [-0.4, -0.2) is 28.3 Å². The number of aromatic nitrogens is 2. The smallest absolute Gasteiger partial charge is 0.266 e. The standard InChI is InChI=1S/C21H23N3O4/c1-14-6-7-17(13-15(14)2)28-16(3)21(26)22-10-11-24-20(25)9-8-18(23-24)19-5-4-12-27-19/h4-9,12-13,16H,10-11H2,1-3H3,(H,22,26). The predicted molar refractivity (Wildman–Crippen MR) is 105 cm³/mol. The molecule has 3 aromatic rings. The Kier molecular flexibility index (Phi) is 5.93. The third-order valence-electron chi connectivity index (χ3n) is 4.42. The van der Waals surface area contributed by atoms with E-state index in [1.54, 1.807) is 31.4 Å². The quantitative estimate of drug-likeness (QED) is 0.680. The van der Waals surface area contributed by atoms with Crippen molar-refractivity contribution in [3.05, 3.63) is 70.2 Å². The van der Waals surface area contributed by atoms with Crippen molar-refractivity contribution in [3.8, 4) is 17.2 Å². The Morgan fingerprint density at radius 2 is 2.04 bits per heavy atom. The molecule has 0 aliphatic rings. The number of ether oxygens (including phenoxy) is 1. The molecule has 3 rings (SSSR count). The lowest BCUT2D eigenvalue weighted by Gasteiger charge is -2.15. The van der Waals surface area contributed by atoms with Gasteiger partial charge in [0.05, 0.1) is 12.8 Å². The van der Waals surface area contributed by atoms with Crippen LogP contribution >= 0.6 is 0 Å². The maximum Gasteiger partial charge on any atom is 0.266 e. The van der Waals surface area contributed by atoms with Gasteiger partial charge in [0.1, 0.15) is 11.4 Å². The van der Waals surface area contributed by atoms with E-state index in [2.05, 4.69) is 10.4 Å². The molecule has 0 aliphatic carbocycles. The molecule has 1 atom stereocenters. The second-order valence-corrected chi connectivity index (χ2v) is 6.55. The molecule has 1 unspecified atom stereocenters. The molecule has 0 saturated heterocycles. The number of hydrogen-bond donors (Lipinski definition) is 1. The number of carbonyl (C=O) groups excluding carboxylic acids is 1. The van der Waals surface area contributed by atoms with Crippen LogP contribution in [0.1, 0.15) is 18.1 Å². The second-order valence-electron chi connectivity index (χ2n) is 6.55. The Hall–Kier alpha value is -3.35. The van der Waals surface area contributed by atoms with Gasteiger partial charge in [-0.3, -0.25) is 9.59 Å². The fourth-order valence-corrected chi connectivity index (χ4v) is 2.64. The maximum atomic E-state index is 12.3. The zero-order chi connectivity index (χ0) is 20.1. The lowest BCUT2D eigenvalue weighted by atomic mass is 10.1. The first-order valence-corrected chi connectivity index (χ1v) is 9.07. The number of amides is 1. The first-order valence-electron chi connectivity index (χ1n) is 9.07. The highest BCUT2D eigenvalue weighted by Crippen LogP contribution is 2.18. The normalized spacial score (nSPS) is 11.8. The first kappa shape index (κ1) is 19.4. The van der Waals surface area contributed by atoms with Gasteiger partial charge in [0.2, 0.25) is 0 Å². The van der Waals surface area contributed by atoms with E-state index in [9.17, 15) is 9.59 Å². The van der Waals surface area contributed by atoms with Crippen LogP contribution in [0, 0.1) is 13.8 Å². The molecule has 7 heteroatoms. The first-order chi connectivity index (χ1) is 13.4. The van der Waals surface area contributed by atoms with Gasteiger partial charge in [-0.2, -0.15) is 5.10 Å². The zero-order valence-electron chi connectivity index (χ0n) is 16.1. The Labute approximate surface area is 162 Å². The Bertz CT molecular complexity index is 1010. The Morgan fingerprint density at radius 1 is 1.21 bits per heavy atom. The molecule has 28 heavy (non-hydrogen) atoms. The van der Waals surface area contributed by atoms with Crippen molar-refractivity contribution >= 4 is 5.91 Å². The summed E-state index contributed by atoms with van der Waals surface area (Å²) in [4.78, 5) is 24.3. The molecule has 1 N–H and O–H groups in total. The molecule has 2 heterocycles. The molecule has 0 fully saturated rings. The van der Waals surface area contributed by atoms with E-state index in [0.717, 1.165) is 5.56 Å². The van der Waals surface area contributed by atoms with Gasteiger partial charge in [0.25, 0.3) is 11.5 Å². The lowest BCUT2D eigenvalue weighted by Crippen LogP contribution is -2.39. The van der Waals surface area contributed by atoms with Crippen molar-refractivity contribution in [2.75, 3.05) is 6.54 Å². The monoisotopic (exact) mass is 381 g/mol. The number of furan rings is 1. The van der Waals surface area contributed by atoms with E-state index in [0.29, 0.717) is 17.2 Å². The summed E-state index contributed by atoms with van der Waals surface area (Å²) in [6.07, 6.45) is 0.894. The number of hydrogen-bond acceptors (Lipinski definition) is 5. The Balaban J connectivity index is 1.55. The topological polar surface area (TPSA) is 86.4 Å².